The van der Waals surface area contributed by atoms with Gasteiger partial charge in [0.1, 0.15) is 0 Å². The fraction of sp³-hybridized carbons (Fsp3) is 0.300. The molecular formula is C10H12FN3O2. The van der Waals surface area contributed by atoms with E-state index in [1.807, 2.05) is 0 Å². The molecule has 1 aromatic rings. The predicted octanol–water partition coefficient (Wildman–Crippen LogP) is 0.0387. The summed E-state index contributed by atoms with van der Waals surface area (Å²) < 4.78 is 13.2. The molecule has 0 saturated carbocycles. The van der Waals surface area contributed by atoms with Crippen molar-refractivity contribution in [1.82, 2.24) is 15.2 Å². The summed E-state index contributed by atoms with van der Waals surface area (Å²) in [7, 11) is 2.88. The highest BCUT2D eigenvalue weighted by Crippen LogP contribution is 2.06. The van der Waals surface area contributed by atoms with Crippen LogP contribution in [0.1, 0.15) is 10.4 Å². The molecule has 0 radical (unpaired) electrons. The second kappa shape index (κ2) is 5.20. The Bertz CT molecular complexity index is 409. The molecule has 1 heterocycles. The minimum Gasteiger partial charge on any atom is -0.358 e. The van der Waals surface area contributed by atoms with Crippen LogP contribution in [-0.2, 0) is 4.79 Å². The van der Waals surface area contributed by atoms with Gasteiger partial charge in [-0.2, -0.15) is 4.39 Å². The molecule has 1 N–H and O–H groups in total. The maximum Gasteiger partial charge on any atom is 0.258 e. The molecule has 0 fully saturated rings. The van der Waals surface area contributed by atoms with E-state index < -0.39 is 11.9 Å². The van der Waals surface area contributed by atoms with Crippen LogP contribution in [0.25, 0.3) is 0 Å². The Balaban J connectivity index is 2.79. The number of nitrogens with one attached hydrogen (secondary N) is 1. The van der Waals surface area contributed by atoms with Crippen LogP contribution < -0.4 is 5.32 Å². The van der Waals surface area contributed by atoms with Crippen LogP contribution in [0.3, 0.4) is 0 Å². The van der Waals surface area contributed by atoms with Gasteiger partial charge in [0.2, 0.25) is 11.9 Å². The number of hydrogen-bond donors (Lipinski definition) is 1. The van der Waals surface area contributed by atoms with Crippen molar-refractivity contribution in [2.75, 3.05) is 20.6 Å². The van der Waals surface area contributed by atoms with Crippen LogP contribution in [0.4, 0.5) is 4.39 Å². The molecule has 6 heteroatoms. The van der Waals surface area contributed by atoms with E-state index in [1.54, 1.807) is 0 Å². The van der Waals surface area contributed by atoms with Gasteiger partial charge in [0.25, 0.3) is 5.91 Å². The third-order valence-corrected chi connectivity index (χ3v) is 2.00. The van der Waals surface area contributed by atoms with Crippen molar-refractivity contribution in [2.45, 2.75) is 0 Å². The number of aromatic nitrogens is 1. The summed E-state index contributed by atoms with van der Waals surface area (Å²) in [5, 5.41) is 2.37. The maximum absolute atomic E-state index is 13.2. The number of likely N-dealkylation sites (N-methyl/N-ethyl adjacent to an activating group) is 2. The van der Waals surface area contributed by atoms with Crippen LogP contribution in [0.15, 0.2) is 18.3 Å². The molecule has 86 valence electrons. The largest absolute Gasteiger partial charge is 0.358 e. The molecule has 5 nitrogen and oxygen atoms in total. The highest BCUT2D eigenvalue weighted by atomic mass is 19.1. The van der Waals surface area contributed by atoms with Gasteiger partial charge < -0.3 is 10.2 Å². The molecule has 0 saturated heterocycles. The molecule has 1 rings (SSSR count). The highest BCUT2D eigenvalue weighted by molar-refractivity contribution is 5.96. The monoisotopic (exact) mass is 225 g/mol. The lowest BCUT2D eigenvalue weighted by Gasteiger charge is -2.15. The van der Waals surface area contributed by atoms with Crippen molar-refractivity contribution < 1.29 is 14.0 Å². The van der Waals surface area contributed by atoms with Crippen molar-refractivity contribution in [2.24, 2.45) is 0 Å². The van der Waals surface area contributed by atoms with E-state index in [9.17, 15) is 14.0 Å². The Kier molecular flexibility index (Phi) is 3.93. The number of amides is 2. The molecule has 0 spiro atoms. The number of halogens is 1. The molecule has 0 unspecified atom stereocenters. The molecule has 0 aliphatic heterocycles. The number of rotatable bonds is 3. The van der Waals surface area contributed by atoms with Gasteiger partial charge in [-0.1, -0.05) is 0 Å². The molecule has 0 aliphatic rings. The molecule has 1 aromatic heterocycles. The second-order valence-corrected chi connectivity index (χ2v) is 3.18. The smallest absolute Gasteiger partial charge is 0.258 e. The molecular weight excluding hydrogens is 213 g/mol. The Morgan fingerprint density at radius 2 is 2.25 bits per heavy atom. The Morgan fingerprint density at radius 1 is 1.56 bits per heavy atom. The average molecular weight is 225 g/mol. The summed E-state index contributed by atoms with van der Waals surface area (Å²) in [6.45, 7) is -0.121. The SMILES string of the molecule is CNC(=O)CN(C)C(=O)c1cccnc1F. The topological polar surface area (TPSA) is 62.3 Å². The third kappa shape index (κ3) is 2.75. The van der Waals surface area contributed by atoms with Crippen LogP contribution in [0, 0.1) is 5.95 Å². The number of carbonyl (C=O) groups excluding carboxylic acids is 2. The van der Waals surface area contributed by atoms with E-state index in [2.05, 4.69) is 10.3 Å². The molecule has 2 amide bonds. The summed E-state index contributed by atoms with van der Waals surface area (Å²) in [4.78, 5) is 27.2. The van der Waals surface area contributed by atoms with Crippen molar-refractivity contribution in [1.29, 1.82) is 0 Å². The first-order chi connectivity index (χ1) is 7.56. The average Bonchev–Trinajstić information content (AvgIpc) is 2.28. The van der Waals surface area contributed by atoms with E-state index in [0.29, 0.717) is 0 Å². The lowest BCUT2D eigenvalue weighted by atomic mass is 10.2. The van der Waals surface area contributed by atoms with E-state index >= 15 is 0 Å². The molecule has 0 aromatic carbocycles. The fourth-order valence-corrected chi connectivity index (χ4v) is 1.12. The summed E-state index contributed by atoms with van der Waals surface area (Å²) in [6, 6.07) is 2.79. The lowest BCUT2D eigenvalue weighted by Crippen LogP contribution is -2.37. The summed E-state index contributed by atoms with van der Waals surface area (Å²) in [6.07, 6.45) is 1.25. The van der Waals surface area contributed by atoms with Gasteiger partial charge in [0.15, 0.2) is 0 Å². The Hall–Kier alpha value is -1.98. The highest BCUT2D eigenvalue weighted by Gasteiger charge is 2.17. The van der Waals surface area contributed by atoms with Crippen LogP contribution in [-0.4, -0.2) is 42.3 Å². The quantitative estimate of drug-likeness (QED) is 0.739. The zero-order valence-electron chi connectivity index (χ0n) is 9.03. The zero-order chi connectivity index (χ0) is 12.1. The van der Waals surface area contributed by atoms with Gasteiger partial charge in [0.05, 0.1) is 12.1 Å². The molecule has 0 bridgehead atoms. The Morgan fingerprint density at radius 3 is 2.81 bits per heavy atom. The summed E-state index contributed by atoms with van der Waals surface area (Å²) >= 11 is 0. The van der Waals surface area contributed by atoms with Crippen LogP contribution >= 0.6 is 0 Å². The first-order valence-electron chi connectivity index (χ1n) is 4.62. The minimum atomic E-state index is -0.837. The number of carbonyl (C=O) groups is 2. The van der Waals surface area contributed by atoms with Crippen LogP contribution in [0.5, 0.6) is 0 Å². The number of hydrogen-bond acceptors (Lipinski definition) is 3. The lowest BCUT2D eigenvalue weighted by molar-refractivity contribution is -0.121. The van der Waals surface area contributed by atoms with E-state index in [0.717, 1.165) is 4.90 Å². The van der Waals surface area contributed by atoms with Gasteiger partial charge in [-0.3, -0.25) is 9.59 Å². The first kappa shape index (κ1) is 12.1. The van der Waals surface area contributed by atoms with Crippen molar-refractivity contribution in [3.8, 4) is 0 Å². The zero-order valence-corrected chi connectivity index (χ0v) is 9.03. The maximum atomic E-state index is 13.2. The Labute approximate surface area is 92.3 Å². The van der Waals surface area contributed by atoms with Crippen LogP contribution in [0.2, 0.25) is 0 Å². The fourth-order valence-electron chi connectivity index (χ4n) is 1.12. The number of pyridine rings is 1. The standard InChI is InChI=1S/C10H12FN3O2/c1-12-8(15)6-14(2)10(16)7-4-3-5-13-9(7)11/h3-5H,6H2,1-2H3,(H,12,15). The first-order valence-corrected chi connectivity index (χ1v) is 4.62. The van der Waals surface area contributed by atoms with E-state index in [4.69, 9.17) is 0 Å². The van der Waals surface area contributed by atoms with Crippen molar-refractivity contribution in [3.63, 3.8) is 0 Å². The van der Waals surface area contributed by atoms with Crippen molar-refractivity contribution >= 4 is 11.8 Å². The molecule has 16 heavy (non-hydrogen) atoms. The molecule has 0 aliphatic carbocycles. The third-order valence-electron chi connectivity index (χ3n) is 2.00. The summed E-state index contributed by atoms with van der Waals surface area (Å²) in [5.41, 5.74) is -0.145. The normalized spacial score (nSPS) is 9.69. The predicted molar refractivity (Wildman–Crippen MR) is 55.2 cm³/mol. The second-order valence-electron chi connectivity index (χ2n) is 3.18. The van der Waals surface area contributed by atoms with Gasteiger partial charge in [0, 0.05) is 20.3 Å². The van der Waals surface area contributed by atoms with Crippen molar-refractivity contribution in [3.05, 3.63) is 29.8 Å². The van der Waals surface area contributed by atoms with E-state index in [1.165, 1.54) is 32.4 Å². The van der Waals surface area contributed by atoms with Gasteiger partial charge in [-0.05, 0) is 12.1 Å². The van der Waals surface area contributed by atoms with E-state index in [-0.39, 0.29) is 18.0 Å². The summed E-state index contributed by atoms with van der Waals surface area (Å²) in [5.74, 6) is -1.73. The van der Waals surface area contributed by atoms with Gasteiger partial charge in [-0.15, -0.1) is 0 Å². The number of nitrogens with zero attached hydrogens (tertiary/aromatic N) is 2. The van der Waals surface area contributed by atoms with Gasteiger partial charge >= 0.3 is 0 Å². The van der Waals surface area contributed by atoms with Gasteiger partial charge in [-0.25, -0.2) is 4.98 Å². The minimum absolute atomic E-state index is 0.121. The molecule has 0 atom stereocenters.